The summed E-state index contributed by atoms with van der Waals surface area (Å²) >= 11 is 0. The topological polar surface area (TPSA) is 93.4 Å². The molecule has 2 atom stereocenters. The smallest absolute Gasteiger partial charge is 0.200 e. The van der Waals surface area contributed by atoms with Gasteiger partial charge in [0.25, 0.3) is 0 Å². The van der Waals surface area contributed by atoms with Crippen LogP contribution in [0.3, 0.4) is 0 Å². The van der Waals surface area contributed by atoms with Gasteiger partial charge in [0, 0.05) is 13.1 Å². The molecule has 124 valence electrons. The first-order valence-corrected chi connectivity index (χ1v) is 7.86. The monoisotopic (exact) mass is 326 g/mol. The number of ether oxygens (including phenoxy) is 1. The Morgan fingerprint density at radius 1 is 1.12 bits per heavy atom. The van der Waals surface area contributed by atoms with Crippen molar-refractivity contribution in [3.05, 3.63) is 30.5 Å². The largest absolute Gasteiger partial charge is 0.372 e. The lowest BCUT2D eigenvalue weighted by Crippen LogP contribution is -2.45. The Morgan fingerprint density at radius 2 is 1.96 bits per heavy atom. The molecule has 9 nitrogen and oxygen atoms in total. The first-order chi connectivity index (χ1) is 11.7. The Balaban J connectivity index is 1.49. The Morgan fingerprint density at radius 3 is 2.71 bits per heavy atom. The van der Waals surface area contributed by atoms with Crippen molar-refractivity contribution in [2.24, 2.45) is 0 Å². The lowest BCUT2D eigenvalue weighted by molar-refractivity contribution is -0.00545. The summed E-state index contributed by atoms with van der Waals surface area (Å²) in [6, 6.07) is 7.61. The summed E-state index contributed by atoms with van der Waals surface area (Å²) < 4.78 is 7.14. The fourth-order valence-electron chi connectivity index (χ4n) is 2.88. The number of hydrogen-bond donors (Lipinski definition) is 1. The summed E-state index contributed by atoms with van der Waals surface area (Å²) in [5.74, 6) is 1.60. The third-order valence-corrected chi connectivity index (χ3v) is 3.83. The van der Waals surface area contributed by atoms with Gasteiger partial charge < -0.3 is 15.0 Å². The molecule has 1 N–H and O–H groups in total. The summed E-state index contributed by atoms with van der Waals surface area (Å²) in [6.07, 6.45) is 2.21. The molecule has 0 aromatic carbocycles. The molecule has 0 aliphatic carbocycles. The maximum absolute atomic E-state index is 5.76. The second-order valence-electron chi connectivity index (χ2n) is 5.94. The molecule has 3 aromatic heterocycles. The predicted octanol–water partition coefficient (Wildman–Crippen LogP) is 1.27. The minimum Gasteiger partial charge on any atom is -0.372 e. The molecule has 1 aliphatic heterocycles. The van der Waals surface area contributed by atoms with Crippen LogP contribution in [-0.4, -0.2) is 55.5 Å². The number of anilines is 3. The summed E-state index contributed by atoms with van der Waals surface area (Å²) in [5, 5.41) is 18.7. The molecule has 4 heterocycles. The van der Waals surface area contributed by atoms with E-state index in [0.717, 1.165) is 24.6 Å². The lowest BCUT2D eigenvalue weighted by Gasteiger charge is -2.36. The second kappa shape index (κ2) is 6.00. The molecule has 4 rings (SSSR count). The van der Waals surface area contributed by atoms with E-state index in [1.807, 2.05) is 18.2 Å². The normalized spacial score (nSPS) is 21.2. The number of aromatic nitrogens is 6. The maximum Gasteiger partial charge on any atom is 0.200 e. The third-order valence-electron chi connectivity index (χ3n) is 3.83. The highest BCUT2D eigenvalue weighted by Gasteiger charge is 2.22. The number of morpholine rings is 1. The van der Waals surface area contributed by atoms with Gasteiger partial charge in [-0.05, 0) is 48.5 Å². The molecule has 1 saturated heterocycles. The fraction of sp³-hybridized carbons (Fsp3) is 0.400. The zero-order chi connectivity index (χ0) is 16.5. The third kappa shape index (κ3) is 2.98. The molecule has 1 aliphatic rings. The van der Waals surface area contributed by atoms with Crippen molar-refractivity contribution in [2.45, 2.75) is 26.1 Å². The molecule has 0 bridgehead atoms. The molecule has 0 unspecified atom stereocenters. The zero-order valence-corrected chi connectivity index (χ0v) is 13.5. The van der Waals surface area contributed by atoms with Crippen LogP contribution in [0.25, 0.3) is 5.65 Å². The fourth-order valence-corrected chi connectivity index (χ4v) is 2.88. The van der Waals surface area contributed by atoms with E-state index in [1.54, 1.807) is 12.3 Å². The summed E-state index contributed by atoms with van der Waals surface area (Å²) in [4.78, 5) is 6.80. The van der Waals surface area contributed by atoms with Gasteiger partial charge in [0.2, 0.25) is 0 Å². The van der Waals surface area contributed by atoms with E-state index < -0.39 is 0 Å². The standard InChI is InChI=1S/C15H18N8O/c1-10-8-22(9-11(2)24-10)14-5-3-12(7-16-14)17-13-4-6-15-18-20-21-23(15)19-13/h3-7,10-11H,8-9H2,1-2H3,(H,17,19)/t10-,11+. The zero-order valence-electron chi connectivity index (χ0n) is 13.5. The Kier molecular flexibility index (Phi) is 3.69. The minimum atomic E-state index is 0.209. The molecule has 1 fully saturated rings. The van der Waals surface area contributed by atoms with Crippen LogP contribution < -0.4 is 10.2 Å². The van der Waals surface area contributed by atoms with Gasteiger partial charge in [-0.15, -0.1) is 14.8 Å². The number of nitrogens with zero attached hydrogens (tertiary/aromatic N) is 7. The summed E-state index contributed by atoms with van der Waals surface area (Å²) in [7, 11) is 0. The van der Waals surface area contributed by atoms with Crippen molar-refractivity contribution in [1.82, 2.24) is 30.2 Å². The van der Waals surface area contributed by atoms with E-state index in [1.165, 1.54) is 4.63 Å². The van der Waals surface area contributed by atoms with E-state index in [4.69, 9.17) is 4.74 Å². The van der Waals surface area contributed by atoms with Crippen molar-refractivity contribution in [3.8, 4) is 0 Å². The SMILES string of the molecule is C[C@@H]1CN(c2ccc(Nc3ccc4nnnn4n3)cn2)C[C@H](C)O1. The van der Waals surface area contributed by atoms with Crippen molar-refractivity contribution in [2.75, 3.05) is 23.3 Å². The average Bonchev–Trinajstić information content (AvgIpc) is 3.02. The van der Waals surface area contributed by atoms with Crippen LogP contribution in [0.4, 0.5) is 17.3 Å². The lowest BCUT2D eigenvalue weighted by atomic mass is 10.2. The van der Waals surface area contributed by atoms with Crippen molar-refractivity contribution in [1.29, 1.82) is 0 Å². The van der Waals surface area contributed by atoms with Crippen molar-refractivity contribution in [3.63, 3.8) is 0 Å². The first kappa shape index (κ1) is 14.8. The molecule has 0 saturated carbocycles. The van der Waals surface area contributed by atoms with E-state index in [-0.39, 0.29) is 12.2 Å². The minimum absolute atomic E-state index is 0.209. The van der Waals surface area contributed by atoms with Crippen LogP contribution >= 0.6 is 0 Å². The average molecular weight is 326 g/mol. The molecule has 24 heavy (non-hydrogen) atoms. The van der Waals surface area contributed by atoms with Gasteiger partial charge in [-0.25, -0.2) is 4.98 Å². The molecular formula is C15H18N8O. The molecule has 9 heteroatoms. The second-order valence-corrected chi connectivity index (χ2v) is 5.94. The Hall–Kier alpha value is -2.81. The van der Waals surface area contributed by atoms with Crippen LogP contribution in [0.1, 0.15) is 13.8 Å². The quantitative estimate of drug-likeness (QED) is 0.769. The number of rotatable bonds is 3. The van der Waals surface area contributed by atoms with E-state index >= 15 is 0 Å². The van der Waals surface area contributed by atoms with Crippen LogP contribution in [0, 0.1) is 0 Å². The van der Waals surface area contributed by atoms with Gasteiger partial charge >= 0.3 is 0 Å². The van der Waals surface area contributed by atoms with Gasteiger partial charge in [0.15, 0.2) is 11.5 Å². The first-order valence-electron chi connectivity index (χ1n) is 7.86. The van der Waals surface area contributed by atoms with Gasteiger partial charge in [-0.1, -0.05) is 0 Å². The number of fused-ring (bicyclic) bond motifs is 1. The summed E-state index contributed by atoms with van der Waals surface area (Å²) in [5.41, 5.74) is 1.46. The van der Waals surface area contributed by atoms with Gasteiger partial charge in [-0.2, -0.15) is 0 Å². The van der Waals surface area contributed by atoms with E-state index in [0.29, 0.717) is 11.5 Å². The van der Waals surface area contributed by atoms with Crippen LogP contribution in [-0.2, 0) is 4.74 Å². The van der Waals surface area contributed by atoms with E-state index in [2.05, 4.69) is 49.7 Å². The molecule has 0 amide bonds. The number of tetrazole rings is 1. The maximum atomic E-state index is 5.76. The Bertz CT molecular complexity index is 823. The molecule has 0 radical (unpaired) electrons. The molecular weight excluding hydrogens is 308 g/mol. The van der Waals surface area contributed by atoms with Crippen molar-refractivity contribution < 1.29 is 4.74 Å². The molecule has 0 spiro atoms. The summed E-state index contributed by atoms with van der Waals surface area (Å²) in [6.45, 7) is 5.86. The predicted molar refractivity (Wildman–Crippen MR) is 88.3 cm³/mol. The number of pyridine rings is 1. The van der Waals surface area contributed by atoms with E-state index in [9.17, 15) is 0 Å². The highest BCUT2D eigenvalue weighted by Crippen LogP contribution is 2.21. The van der Waals surface area contributed by atoms with Gasteiger partial charge in [0.05, 0.1) is 24.1 Å². The highest BCUT2D eigenvalue weighted by molar-refractivity contribution is 5.58. The highest BCUT2D eigenvalue weighted by atomic mass is 16.5. The van der Waals surface area contributed by atoms with Crippen LogP contribution in [0.2, 0.25) is 0 Å². The molecule has 3 aromatic rings. The van der Waals surface area contributed by atoms with Gasteiger partial charge in [-0.3, -0.25) is 0 Å². The van der Waals surface area contributed by atoms with Crippen LogP contribution in [0.5, 0.6) is 0 Å². The van der Waals surface area contributed by atoms with Crippen molar-refractivity contribution >= 4 is 23.0 Å². The number of nitrogens with one attached hydrogen (secondary N) is 1. The number of hydrogen-bond acceptors (Lipinski definition) is 8. The van der Waals surface area contributed by atoms with Gasteiger partial charge in [0.1, 0.15) is 5.82 Å². The Labute approximate surface area is 138 Å². The van der Waals surface area contributed by atoms with Crippen LogP contribution in [0.15, 0.2) is 30.5 Å².